The van der Waals surface area contributed by atoms with Gasteiger partial charge in [0.2, 0.25) is 17.8 Å². The van der Waals surface area contributed by atoms with Crippen molar-refractivity contribution in [3.05, 3.63) is 24.3 Å². The van der Waals surface area contributed by atoms with Gasteiger partial charge in [0.15, 0.2) is 5.16 Å². The molecule has 1 N–H and O–H groups in total. The van der Waals surface area contributed by atoms with E-state index in [9.17, 15) is 9.59 Å². The molecule has 1 unspecified atom stereocenters. The van der Waals surface area contributed by atoms with Gasteiger partial charge in [0.25, 0.3) is 0 Å². The van der Waals surface area contributed by atoms with Gasteiger partial charge in [-0.3, -0.25) is 19.5 Å². The number of anilines is 2. The molecule has 1 aromatic carbocycles. The maximum atomic E-state index is 12.6. The molecular formula is C16H17N5O3S. The number of thioether (sulfide) groups is 1. The molecule has 4 rings (SSSR count). The zero-order valence-electron chi connectivity index (χ0n) is 13.6. The number of benzene rings is 1. The van der Waals surface area contributed by atoms with Crippen molar-refractivity contribution < 1.29 is 14.3 Å². The average Bonchev–Trinajstić information content (AvgIpc) is 3.32. The highest BCUT2D eigenvalue weighted by Gasteiger charge is 2.36. The third-order valence-electron chi connectivity index (χ3n) is 4.36. The number of rotatable bonds is 4. The number of amides is 2. The minimum Gasteiger partial charge on any atom is -0.497 e. The largest absolute Gasteiger partial charge is 0.497 e. The van der Waals surface area contributed by atoms with Gasteiger partial charge >= 0.3 is 0 Å². The molecule has 0 spiro atoms. The van der Waals surface area contributed by atoms with Crippen molar-refractivity contribution in [1.82, 2.24) is 14.8 Å². The molecule has 1 aromatic heterocycles. The normalized spacial score (nSPS) is 19.2. The number of carbonyl (C=O) groups excluding carboxylic acids is 2. The van der Waals surface area contributed by atoms with E-state index in [-0.39, 0.29) is 18.2 Å². The monoisotopic (exact) mass is 359 g/mol. The highest BCUT2D eigenvalue weighted by Crippen LogP contribution is 2.30. The Bertz CT molecular complexity index is 837. The van der Waals surface area contributed by atoms with Crippen LogP contribution in [0.4, 0.5) is 11.6 Å². The summed E-state index contributed by atoms with van der Waals surface area (Å²) >= 11 is 1.61. The molecule has 2 aromatic rings. The fraction of sp³-hybridized carbons (Fsp3) is 0.375. The van der Waals surface area contributed by atoms with Crippen molar-refractivity contribution in [2.45, 2.75) is 18.1 Å². The predicted molar refractivity (Wildman–Crippen MR) is 92.8 cm³/mol. The number of methoxy groups -OCH3 is 1. The van der Waals surface area contributed by atoms with Crippen LogP contribution < -0.4 is 15.0 Å². The number of aromatic nitrogens is 3. The van der Waals surface area contributed by atoms with Crippen molar-refractivity contribution in [2.24, 2.45) is 5.92 Å². The molecule has 9 heteroatoms. The quantitative estimate of drug-likeness (QED) is 0.887. The van der Waals surface area contributed by atoms with E-state index in [0.29, 0.717) is 18.2 Å². The molecule has 25 heavy (non-hydrogen) atoms. The maximum Gasteiger partial charge on any atom is 0.232 e. The van der Waals surface area contributed by atoms with Gasteiger partial charge in [-0.2, -0.15) is 0 Å². The van der Waals surface area contributed by atoms with Crippen LogP contribution in [0.3, 0.4) is 0 Å². The molecule has 0 bridgehead atoms. The van der Waals surface area contributed by atoms with E-state index in [1.54, 1.807) is 29.8 Å². The number of carbonyl (C=O) groups is 2. The first-order chi connectivity index (χ1) is 12.2. The summed E-state index contributed by atoms with van der Waals surface area (Å²) in [6, 6.07) is 7.27. The van der Waals surface area contributed by atoms with Crippen LogP contribution in [0.5, 0.6) is 5.75 Å². The van der Waals surface area contributed by atoms with Crippen LogP contribution in [0.25, 0.3) is 0 Å². The Morgan fingerprint density at radius 2 is 2.28 bits per heavy atom. The molecule has 1 fully saturated rings. The predicted octanol–water partition coefficient (Wildman–Crippen LogP) is 1.38. The maximum absolute atomic E-state index is 12.6. The highest BCUT2D eigenvalue weighted by atomic mass is 32.2. The fourth-order valence-corrected chi connectivity index (χ4v) is 3.93. The summed E-state index contributed by atoms with van der Waals surface area (Å²) < 4.78 is 7.09. The molecule has 2 aliphatic heterocycles. The van der Waals surface area contributed by atoms with E-state index >= 15 is 0 Å². The molecule has 1 atom stereocenters. The van der Waals surface area contributed by atoms with E-state index in [2.05, 4.69) is 15.5 Å². The second-order valence-corrected chi connectivity index (χ2v) is 6.96. The number of ether oxygens (including phenoxy) is 1. The van der Waals surface area contributed by atoms with Gasteiger partial charge in [-0.1, -0.05) is 17.8 Å². The first-order valence-corrected chi connectivity index (χ1v) is 8.95. The van der Waals surface area contributed by atoms with Gasteiger partial charge in [-0.15, -0.1) is 10.2 Å². The van der Waals surface area contributed by atoms with Gasteiger partial charge in [-0.05, 0) is 12.1 Å². The zero-order valence-corrected chi connectivity index (χ0v) is 14.5. The first-order valence-electron chi connectivity index (χ1n) is 7.97. The van der Waals surface area contributed by atoms with Crippen molar-refractivity contribution >= 4 is 35.2 Å². The average molecular weight is 359 g/mol. The van der Waals surface area contributed by atoms with E-state index in [0.717, 1.165) is 23.1 Å². The highest BCUT2D eigenvalue weighted by molar-refractivity contribution is 7.99. The van der Waals surface area contributed by atoms with Crippen LogP contribution in [0, 0.1) is 5.92 Å². The fourth-order valence-electron chi connectivity index (χ4n) is 3.04. The van der Waals surface area contributed by atoms with E-state index in [4.69, 9.17) is 4.74 Å². The number of nitrogens with zero attached hydrogens (tertiary/aromatic N) is 4. The SMILES string of the molecule is COc1cccc(N2CC(C(=O)Nc3nnc4n3CCS4)CC2=O)c1. The van der Waals surface area contributed by atoms with Crippen molar-refractivity contribution in [3.8, 4) is 5.75 Å². The van der Waals surface area contributed by atoms with Crippen molar-refractivity contribution in [3.63, 3.8) is 0 Å². The van der Waals surface area contributed by atoms with Crippen LogP contribution in [0.1, 0.15) is 6.42 Å². The third kappa shape index (κ3) is 2.95. The van der Waals surface area contributed by atoms with E-state index in [1.165, 1.54) is 0 Å². The third-order valence-corrected chi connectivity index (χ3v) is 5.31. The van der Waals surface area contributed by atoms with Crippen LogP contribution in [0.2, 0.25) is 0 Å². The summed E-state index contributed by atoms with van der Waals surface area (Å²) in [7, 11) is 1.58. The second kappa shape index (κ2) is 6.40. The molecule has 0 aliphatic carbocycles. The first kappa shape index (κ1) is 15.9. The van der Waals surface area contributed by atoms with Crippen molar-refractivity contribution in [2.75, 3.05) is 29.6 Å². The lowest BCUT2D eigenvalue weighted by atomic mass is 10.1. The summed E-state index contributed by atoms with van der Waals surface area (Å²) in [4.78, 5) is 26.5. The number of hydrogen-bond acceptors (Lipinski definition) is 6. The van der Waals surface area contributed by atoms with Crippen LogP contribution in [-0.2, 0) is 16.1 Å². The molecule has 2 aliphatic rings. The van der Waals surface area contributed by atoms with Gasteiger partial charge in [0.05, 0.1) is 13.0 Å². The molecular weight excluding hydrogens is 342 g/mol. The molecule has 0 radical (unpaired) electrons. The number of hydrogen-bond donors (Lipinski definition) is 1. The van der Waals surface area contributed by atoms with Gasteiger partial charge < -0.3 is 9.64 Å². The molecule has 0 saturated carbocycles. The Morgan fingerprint density at radius 3 is 3.12 bits per heavy atom. The Morgan fingerprint density at radius 1 is 1.40 bits per heavy atom. The smallest absolute Gasteiger partial charge is 0.232 e. The topological polar surface area (TPSA) is 89.3 Å². The van der Waals surface area contributed by atoms with Crippen LogP contribution in [0.15, 0.2) is 29.4 Å². The molecule has 8 nitrogen and oxygen atoms in total. The lowest BCUT2D eigenvalue weighted by Crippen LogP contribution is -2.28. The summed E-state index contributed by atoms with van der Waals surface area (Å²) in [5.41, 5.74) is 0.736. The zero-order chi connectivity index (χ0) is 17.4. The molecule has 2 amide bonds. The Hall–Kier alpha value is -2.55. The number of nitrogens with one attached hydrogen (secondary N) is 1. The molecule has 1 saturated heterocycles. The lowest BCUT2D eigenvalue weighted by molar-refractivity contribution is -0.122. The standard InChI is InChI=1S/C16H17N5O3S/c1-24-12-4-2-3-11(8-12)21-9-10(7-13(21)22)14(23)17-15-18-19-16-20(15)5-6-25-16/h2-4,8,10H,5-7,9H2,1H3,(H,17,18,23). The van der Waals surface area contributed by atoms with Gasteiger partial charge in [-0.25, -0.2) is 0 Å². The summed E-state index contributed by atoms with van der Waals surface area (Å²) in [5.74, 6) is 1.37. The molecule has 3 heterocycles. The second-order valence-electron chi connectivity index (χ2n) is 5.90. The lowest BCUT2D eigenvalue weighted by Gasteiger charge is -2.17. The van der Waals surface area contributed by atoms with E-state index < -0.39 is 5.92 Å². The van der Waals surface area contributed by atoms with Crippen LogP contribution >= 0.6 is 11.8 Å². The van der Waals surface area contributed by atoms with Crippen LogP contribution in [-0.4, -0.2) is 46.0 Å². The minimum atomic E-state index is -0.416. The van der Waals surface area contributed by atoms with E-state index in [1.807, 2.05) is 22.8 Å². The molecule has 130 valence electrons. The van der Waals surface area contributed by atoms with Crippen molar-refractivity contribution in [1.29, 1.82) is 0 Å². The summed E-state index contributed by atoms with van der Waals surface area (Å²) in [6.45, 7) is 1.12. The van der Waals surface area contributed by atoms with Gasteiger partial charge in [0.1, 0.15) is 5.75 Å². The van der Waals surface area contributed by atoms with Gasteiger partial charge in [0, 0.05) is 37.0 Å². The summed E-state index contributed by atoms with van der Waals surface area (Å²) in [5, 5.41) is 11.7. The Kier molecular flexibility index (Phi) is 4.08. The minimum absolute atomic E-state index is 0.0737. The Balaban J connectivity index is 1.47. The summed E-state index contributed by atoms with van der Waals surface area (Å²) in [6.07, 6.45) is 0.179. The number of fused-ring (bicyclic) bond motifs is 1. The Labute approximate surface area is 148 Å².